The van der Waals surface area contributed by atoms with Crippen LogP contribution in [0.4, 0.5) is 5.82 Å². The number of amides is 1. The summed E-state index contributed by atoms with van der Waals surface area (Å²) < 4.78 is 6.47. The quantitative estimate of drug-likeness (QED) is 0.894. The normalized spacial score (nSPS) is 32.0. The van der Waals surface area contributed by atoms with Gasteiger partial charge in [0, 0.05) is 42.5 Å². The molecule has 136 valence electrons. The number of fused-ring (bicyclic) bond motifs is 1. The van der Waals surface area contributed by atoms with Crippen LogP contribution < -0.4 is 10.2 Å². The van der Waals surface area contributed by atoms with E-state index in [9.17, 15) is 4.79 Å². The fraction of sp³-hybridized carbons (Fsp3) is 0.526. The second kappa shape index (κ2) is 6.03. The molecule has 1 N–H and O–H groups in total. The number of nitrogens with zero attached hydrogens (tertiary/aromatic N) is 3. The van der Waals surface area contributed by atoms with Crippen molar-refractivity contribution in [2.75, 3.05) is 24.5 Å². The number of hydrogen-bond acceptors (Lipinski definition) is 6. The molecule has 3 saturated heterocycles. The van der Waals surface area contributed by atoms with Gasteiger partial charge in [-0.15, -0.1) is 11.3 Å². The third-order valence-corrected chi connectivity index (χ3v) is 6.73. The summed E-state index contributed by atoms with van der Waals surface area (Å²) in [4.78, 5) is 23.4. The van der Waals surface area contributed by atoms with E-state index >= 15 is 0 Å². The molecule has 0 radical (unpaired) electrons. The lowest BCUT2D eigenvalue weighted by Gasteiger charge is -2.29. The van der Waals surface area contributed by atoms with Crippen LogP contribution in [0, 0.1) is 18.8 Å². The molecule has 3 fully saturated rings. The second-order valence-corrected chi connectivity index (χ2v) is 8.35. The minimum atomic E-state index is -0.0849. The number of carbonyl (C=O) groups is 1. The molecule has 26 heavy (non-hydrogen) atoms. The van der Waals surface area contributed by atoms with Crippen LogP contribution in [0.3, 0.4) is 0 Å². The Balaban J connectivity index is 1.31. The summed E-state index contributed by atoms with van der Waals surface area (Å²) in [6, 6.07) is 6.17. The number of thiazole rings is 1. The van der Waals surface area contributed by atoms with Gasteiger partial charge in [-0.2, -0.15) is 0 Å². The van der Waals surface area contributed by atoms with Gasteiger partial charge in [0.05, 0.1) is 17.2 Å². The van der Waals surface area contributed by atoms with Gasteiger partial charge in [-0.25, -0.2) is 9.97 Å². The number of aryl methyl sites for hydroxylation is 1. The minimum Gasteiger partial charge on any atom is -0.369 e. The molecule has 4 atom stereocenters. The minimum absolute atomic E-state index is 0.0634. The van der Waals surface area contributed by atoms with Gasteiger partial charge >= 0.3 is 0 Å². The molecule has 2 aromatic rings. The van der Waals surface area contributed by atoms with E-state index in [1.165, 1.54) is 11.3 Å². The highest BCUT2D eigenvalue weighted by Gasteiger charge is 2.63. The first-order valence-corrected chi connectivity index (χ1v) is 10.1. The van der Waals surface area contributed by atoms with Crippen LogP contribution in [0.2, 0.25) is 0 Å². The van der Waals surface area contributed by atoms with Crippen LogP contribution in [-0.2, 0) is 4.74 Å². The van der Waals surface area contributed by atoms with Gasteiger partial charge in [-0.05, 0) is 31.9 Å². The van der Waals surface area contributed by atoms with Gasteiger partial charge in [-0.3, -0.25) is 4.79 Å². The van der Waals surface area contributed by atoms with Gasteiger partial charge in [-0.1, -0.05) is 6.07 Å². The SMILES string of the molecule is Cc1cccc(N2C[C@@H]3[C@H](CNC(=O)c4cscn4)[C@H]4CC[C@]3(C2)O4)n1. The van der Waals surface area contributed by atoms with E-state index in [4.69, 9.17) is 4.74 Å². The highest BCUT2D eigenvalue weighted by Crippen LogP contribution is 2.55. The first kappa shape index (κ1) is 16.2. The molecule has 7 heteroatoms. The standard InChI is InChI=1S/C19H22N4O2S/c1-12-3-2-4-17(22-12)23-8-14-13(16-5-6-19(14,10-23)25-16)7-20-18(24)15-9-26-11-21-15/h2-4,9,11,13-14,16H,5-8,10H2,1H3,(H,20,24)/t13-,14+,16+,19+/m0/s1. The third kappa shape index (κ3) is 2.53. The number of aromatic nitrogens is 2. The van der Waals surface area contributed by atoms with Crippen LogP contribution in [0.1, 0.15) is 29.0 Å². The Labute approximate surface area is 156 Å². The number of ether oxygens (including phenoxy) is 1. The van der Waals surface area contributed by atoms with E-state index in [0.29, 0.717) is 24.1 Å². The largest absolute Gasteiger partial charge is 0.369 e. The van der Waals surface area contributed by atoms with Gasteiger partial charge in [0.25, 0.3) is 5.91 Å². The monoisotopic (exact) mass is 370 g/mol. The number of hydrogen-bond donors (Lipinski definition) is 1. The molecule has 5 heterocycles. The summed E-state index contributed by atoms with van der Waals surface area (Å²) in [5.74, 6) is 1.75. The van der Waals surface area contributed by atoms with Crippen molar-refractivity contribution in [1.29, 1.82) is 0 Å². The van der Waals surface area contributed by atoms with Crippen LogP contribution >= 0.6 is 11.3 Å². The van der Waals surface area contributed by atoms with Crippen molar-refractivity contribution in [3.8, 4) is 0 Å². The molecule has 6 nitrogen and oxygen atoms in total. The lowest BCUT2D eigenvalue weighted by Crippen LogP contribution is -2.42. The van der Waals surface area contributed by atoms with Crippen molar-refractivity contribution in [2.45, 2.75) is 31.5 Å². The Morgan fingerprint density at radius 2 is 2.42 bits per heavy atom. The van der Waals surface area contributed by atoms with Crippen molar-refractivity contribution in [3.63, 3.8) is 0 Å². The maximum absolute atomic E-state index is 12.3. The highest BCUT2D eigenvalue weighted by atomic mass is 32.1. The zero-order chi connectivity index (χ0) is 17.7. The Morgan fingerprint density at radius 3 is 3.23 bits per heavy atom. The van der Waals surface area contributed by atoms with Crippen LogP contribution in [0.5, 0.6) is 0 Å². The van der Waals surface area contributed by atoms with Crippen molar-refractivity contribution in [2.24, 2.45) is 11.8 Å². The summed E-state index contributed by atoms with van der Waals surface area (Å²) in [7, 11) is 0. The summed E-state index contributed by atoms with van der Waals surface area (Å²) in [6.07, 6.45) is 2.47. The Bertz CT molecular complexity index is 827. The summed E-state index contributed by atoms with van der Waals surface area (Å²) in [5, 5.41) is 4.86. The van der Waals surface area contributed by atoms with Crippen molar-refractivity contribution in [3.05, 3.63) is 40.5 Å². The Hall–Kier alpha value is -1.99. The van der Waals surface area contributed by atoms with Gasteiger partial charge in [0.15, 0.2) is 0 Å². The van der Waals surface area contributed by atoms with Gasteiger partial charge < -0.3 is 15.0 Å². The van der Waals surface area contributed by atoms with Gasteiger partial charge in [0.2, 0.25) is 0 Å². The molecule has 1 amide bonds. The zero-order valence-electron chi connectivity index (χ0n) is 14.7. The molecular formula is C19H22N4O2S. The number of anilines is 1. The van der Waals surface area contributed by atoms with Crippen molar-refractivity contribution < 1.29 is 9.53 Å². The molecular weight excluding hydrogens is 348 g/mol. The van der Waals surface area contributed by atoms with E-state index in [1.54, 1.807) is 10.9 Å². The van der Waals surface area contributed by atoms with E-state index < -0.39 is 0 Å². The molecule has 5 rings (SSSR count). The molecule has 1 spiro atoms. The number of pyridine rings is 1. The lowest BCUT2D eigenvalue weighted by atomic mass is 9.73. The number of rotatable bonds is 4. The molecule has 3 aliphatic heterocycles. The molecule has 0 aliphatic carbocycles. The number of nitrogens with one attached hydrogen (secondary N) is 1. The van der Waals surface area contributed by atoms with Crippen molar-refractivity contribution >= 4 is 23.1 Å². The van der Waals surface area contributed by atoms with E-state index in [1.807, 2.05) is 13.0 Å². The van der Waals surface area contributed by atoms with Crippen LogP contribution in [0.15, 0.2) is 29.1 Å². The average Bonchev–Trinajstić information content (AvgIpc) is 3.39. The smallest absolute Gasteiger partial charge is 0.270 e. The predicted octanol–water partition coefficient (Wildman–Crippen LogP) is 2.26. The average molecular weight is 370 g/mol. The Morgan fingerprint density at radius 1 is 1.50 bits per heavy atom. The molecule has 0 saturated carbocycles. The third-order valence-electron chi connectivity index (χ3n) is 6.14. The first-order chi connectivity index (χ1) is 12.6. The zero-order valence-corrected chi connectivity index (χ0v) is 15.5. The lowest BCUT2D eigenvalue weighted by molar-refractivity contribution is 0.0141. The molecule has 0 unspecified atom stereocenters. The predicted molar refractivity (Wildman–Crippen MR) is 99.5 cm³/mol. The summed E-state index contributed by atoms with van der Waals surface area (Å²) in [5.41, 5.74) is 3.17. The Kier molecular flexibility index (Phi) is 3.76. The fourth-order valence-electron chi connectivity index (χ4n) is 4.97. The molecule has 3 aliphatic rings. The van der Waals surface area contributed by atoms with Crippen LogP contribution in [-0.4, -0.2) is 47.2 Å². The topological polar surface area (TPSA) is 67.4 Å². The molecule has 0 aromatic carbocycles. The van der Waals surface area contributed by atoms with E-state index in [0.717, 1.165) is 37.4 Å². The maximum Gasteiger partial charge on any atom is 0.270 e. The van der Waals surface area contributed by atoms with Gasteiger partial charge in [0.1, 0.15) is 11.5 Å². The van der Waals surface area contributed by atoms with Crippen molar-refractivity contribution in [1.82, 2.24) is 15.3 Å². The fourth-order valence-corrected chi connectivity index (χ4v) is 5.50. The molecule has 2 bridgehead atoms. The first-order valence-electron chi connectivity index (χ1n) is 9.17. The number of carbonyl (C=O) groups excluding carboxylic acids is 1. The maximum atomic E-state index is 12.3. The summed E-state index contributed by atoms with van der Waals surface area (Å²) in [6.45, 7) is 4.53. The van der Waals surface area contributed by atoms with E-state index in [2.05, 4.69) is 32.3 Å². The summed E-state index contributed by atoms with van der Waals surface area (Å²) >= 11 is 1.44. The van der Waals surface area contributed by atoms with E-state index in [-0.39, 0.29) is 17.6 Å². The van der Waals surface area contributed by atoms with Crippen LogP contribution in [0.25, 0.3) is 0 Å². The molecule has 2 aromatic heterocycles. The second-order valence-electron chi connectivity index (χ2n) is 7.63. The highest BCUT2D eigenvalue weighted by molar-refractivity contribution is 7.07.